The number of aliphatic hydroxyl groups excluding tert-OH is 1. The third kappa shape index (κ3) is 6.18. The van der Waals surface area contributed by atoms with E-state index in [9.17, 15) is 9.90 Å². The highest BCUT2D eigenvalue weighted by Gasteiger charge is 2.20. The molecular formula is C26H27NO3. The maximum absolute atomic E-state index is 10.7. The second-order valence-electron chi connectivity index (χ2n) is 8.19. The highest BCUT2D eigenvalue weighted by atomic mass is 16.4. The Balaban J connectivity index is 1.60. The number of benzene rings is 3. The molecule has 1 unspecified atom stereocenters. The van der Waals surface area contributed by atoms with E-state index in [1.165, 1.54) is 16.3 Å². The quantitative estimate of drug-likeness (QED) is 0.527. The highest BCUT2D eigenvalue weighted by Crippen LogP contribution is 2.20. The first kappa shape index (κ1) is 21.6. The molecule has 0 aliphatic rings. The number of aliphatic carboxylic acids is 1. The normalized spacial score (nSPS) is 12.2. The van der Waals surface area contributed by atoms with Crippen LogP contribution in [0.1, 0.15) is 30.5 Å². The molecular weight excluding hydrogens is 374 g/mol. The average molecular weight is 402 g/mol. The number of aliphatic hydroxyl groups is 1. The fourth-order valence-corrected chi connectivity index (χ4v) is 3.58. The van der Waals surface area contributed by atoms with Gasteiger partial charge in [-0.3, -0.25) is 0 Å². The van der Waals surface area contributed by atoms with Gasteiger partial charge in [0.2, 0.25) is 0 Å². The van der Waals surface area contributed by atoms with Gasteiger partial charge < -0.3 is 15.5 Å². The molecule has 0 fully saturated rings. The van der Waals surface area contributed by atoms with Crippen LogP contribution in [0.15, 0.2) is 66.7 Å². The third-order valence-electron chi connectivity index (χ3n) is 5.05. The van der Waals surface area contributed by atoms with Crippen molar-refractivity contribution in [3.05, 3.63) is 83.4 Å². The number of nitrogens with one attached hydrogen (secondary N) is 1. The van der Waals surface area contributed by atoms with Gasteiger partial charge >= 0.3 is 5.97 Å². The van der Waals surface area contributed by atoms with E-state index in [-0.39, 0.29) is 5.54 Å². The minimum absolute atomic E-state index is 0.188. The van der Waals surface area contributed by atoms with Crippen molar-refractivity contribution >= 4 is 16.7 Å². The van der Waals surface area contributed by atoms with Gasteiger partial charge in [-0.25, -0.2) is 4.79 Å². The highest BCUT2D eigenvalue weighted by molar-refractivity contribution is 5.87. The summed E-state index contributed by atoms with van der Waals surface area (Å²) in [6.45, 7) is 4.68. The summed E-state index contributed by atoms with van der Waals surface area (Å²) < 4.78 is 0. The number of hydrogen-bond donors (Lipinski definition) is 3. The van der Waals surface area contributed by atoms with Crippen LogP contribution < -0.4 is 5.32 Å². The number of carboxylic acid groups (broad SMARTS) is 1. The van der Waals surface area contributed by atoms with E-state index >= 15 is 0 Å². The molecule has 30 heavy (non-hydrogen) atoms. The molecule has 154 valence electrons. The summed E-state index contributed by atoms with van der Waals surface area (Å²) in [7, 11) is 0. The Morgan fingerprint density at radius 1 is 1.03 bits per heavy atom. The van der Waals surface area contributed by atoms with Crippen molar-refractivity contribution < 1.29 is 15.0 Å². The summed E-state index contributed by atoms with van der Waals surface area (Å²) in [5, 5.41) is 25.2. The van der Waals surface area contributed by atoms with Gasteiger partial charge in [0.1, 0.15) is 0 Å². The lowest BCUT2D eigenvalue weighted by Gasteiger charge is -2.28. The van der Waals surface area contributed by atoms with Crippen molar-refractivity contribution in [3.8, 4) is 11.8 Å². The molecule has 0 aromatic heterocycles. The van der Waals surface area contributed by atoms with E-state index < -0.39 is 12.1 Å². The smallest absolute Gasteiger partial charge is 0.382 e. The second kappa shape index (κ2) is 9.58. The number of carboxylic acids is 1. The van der Waals surface area contributed by atoms with Crippen molar-refractivity contribution in [2.75, 3.05) is 6.54 Å². The van der Waals surface area contributed by atoms with Gasteiger partial charge in [0.05, 0.1) is 6.10 Å². The molecule has 4 heteroatoms. The Hall–Kier alpha value is -3.13. The molecule has 3 rings (SSSR count). The number of β-amino-alcohol motifs (C(OH)–C–C–N with tert-alkyl or cyclic N) is 1. The summed E-state index contributed by atoms with van der Waals surface area (Å²) in [5.74, 6) is 3.63. The molecule has 0 saturated heterocycles. The molecule has 0 aliphatic heterocycles. The predicted octanol–water partition coefficient (Wildman–Crippen LogP) is 3.79. The molecule has 0 spiro atoms. The van der Waals surface area contributed by atoms with E-state index in [0.717, 1.165) is 12.0 Å². The molecule has 0 saturated carbocycles. The minimum atomic E-state index is -1.16. The lowest BCUT2D eigenvalue weighted by molar-refractivity contribution is -0.130. The fourth-order valence-electron chi connectivity index (χ4n) is 3.58. The predicted molar refractivity (Wildman–Crippen MR) is 120 cm³/mol. The van der Waals surface area contributed by atoms with Crippen molar-refractivity contribution in [3.63, 3.8) is 0 Å². The molecule has 3 aromatic rings. The molecule has 0 heterocycles. The summed E-state index contributed by atoms with van der Waals surface area (Å²) in [4.78, 5) is 10.7. The molecule has 4 nitrogen and oxygen atoms in total. The molecule has 3 aromatic carbocycles. The molecule has 0 bridgehead atoms. The molecule has 3 N–H and O–H groups in total. The fraction of sp³-hybridized carbons (Fsp3) is 0.269. The van der Waals surface area contributed by atoms with Crippen LogP contribution in [0, 0.1) is 11.8 Å². The topological polar surface area (TPSA) is 69.6 Å². The van der Waals surface area contributed by atoms with E-state index in [0.29, 0.717) is 18.5 Å². The standard InChI is InChI=1S/C26H27NO3/c1-26(2,17-19-11-12-20-7-3-5-9-22(20)15-19)27-18-24(28)16-23-10-6-4-8-21(23)13-14-25(29)30/h3-12,15,24,27-28H,16-18H2,1-2H3,(H,29,30). The molecule has 0 radical (unpaired) electrons. The summed E-state index contributed by atoms with van der Waals surface area (Å²) >= 11 is 0. The van der Waals surface area contributed by atoms with E-state index in [1.807, 2.05) is 30.3 Å². The van der Waals surface area contributed by atoms with Crippen LogP contribution in [0.2, 0.25) is 0 Å². The number of carbonyl (C=O) groups is 1. The van der Waals surface area contributed by atoms with Crippen LogP contribution in [-0.2, 0) is 17.6 Å². The Labute approximate surface area is 177 Å². The van der Waals surface area contributed by atoms with Crippen LogP contribution in [0.3, 0.4) is 0 Å². The van der Waals surface area contributed by atoms with Crippen molar-refractivity contribution in [1.82, 2.24) is 5.32 Å². The van der Waals surface area contributed by atoms with Gasteiger partial charge in [-0.1, -0.05) is 66.6 Å². The first-order chi connectivity index (χ1) is 14.3. The lowest BCUT2D eigenvalue weighted by Crippen LogP contribution is -2.45. The van der Waals surface area contributed by atoms with Gasteiger partial charge in [0.25, 0.3) is 0 Å². The van der Waals surface area contributed by atoms with E-state index in [2.05, 4.69) is 61.3 Å². The van der Waals surface area contributed by atoms with Gasteiger partial charge in [0.15, 0.2) is 0 Å². The van der Waals surface area contributed by atoms with E-state index in [1.54, 1.807) is 6.07 Å². The monoisotopic (exact) mass is 401 g/mol. The van der Waals surface area contributed by atoms with Crippen LogP contribution in [-0.4, -0.2) is 34.4 Å². The number of fused-ring (bicyclic) bond motifs is 1. The molecule has 1 atom stereocenters. The zero-order chi connectivity index (χ0) is 21.6. The van der Waals surface area contributed by atoms with Gasteiger partial charge in [-0.15, -0.1) is 0 Å². The van der Waals surface area contributed by atoms with Gasteiger partial charge in [-0.05, 0) is 48.2 Å². The number of rotatable bonds is 7. The zero-order valence-corrected chi connectivity index (χ0v) is 17.4. The number of hydrogen-bond acceptors (Lipinski definition) is 3. The Bertz CT molecular complexity index is 1090. The van der Waals surface area contributed by atoms with Crippen LogP contribution in [0.5, 0.6) is 0 Å². The molecule has 0 aliphatic carbocycles. The first-order valence-electron chi connectivity index (χ1n) is 10.1. The first-order valence-corrected chi connectivity index (χ1v) is 10.1. The van der Waals surface area contributed by atoms with E-state index in [4.69, 9.17) is 5.11 Å². The third-order valence-corrected chi connectivity index (χ3v) is 5.05. The van der Waals surface area contributed by atoms with Crippen LogP contribution in [0.25, 0.3) is 10.8 Å². The Morgan fingerprint density at radius 2 is 1.73 bits per heavy atom. The van der Waals surface area contributed by atoms with Crippen molar-refractivity contribution in [2.24, 2.45) is 0 Å². The Kier molecular flexibility index (Phi) is 6.89. The van der Waals surface area contributed by atoms with Gasteiger partial charge in [0, 0.05) is 30.0 Å². The van der Waals surface area contributed by atoms with Crippen LogP contribution in [0.4, 0.5) is 0 Å². The average Bonchev–Trinajstić information content (AvgIpc) is 2.71. The Morgan fingerprint density at radius 3 is 2.50 bits per heavy atom. The maximum atomic E-state index is 10.7. The van der Waals surface area contributed by atoms with Crippen molar-refractivity contribution in [2.45, 2.75) is 38.3 Å². The lowest BCUT2D eigenvalue weighted by atomic mass is 9.93. The second-order valence-corrected chi connectivity index (χ2v) is 8.19. The van der Waals surface area contributed by atoms with Gasteiger partial charge in [-0.2, -0.15) is 0 Å². The summed E-state index contributed by atoms with van der Waals surface area (Å²) in [6, 6.07) is 22.1. The largest absolute Gasteiger partial charge is 0.472 e. The SMILES string of the molecule is CC(C)(Cc1ccc2ccccc2c1)NCC(O)Cc1ccccc1C#CC(=O)O. The molecule has 0 amide bonds. The summed E-state index contributed by atoms with van der Waals surface area (Å²) in [6.07, 6.45) is 0.642. The van der Waals surface area contributed by atoms with Crippen LogP contribution >= 0.6 is 0 Å². The maximum Gasteiger partial charge on any atom is 0.382 e. The van der Waals surface area contributed by atoms with Crippen molar-refractivity contribution in [1.29, 1.82) is 0 Å². The minimum Gasteiger partial charge on any atom is -0.472 e. The zero-order valence-electron chi connectivity index (χ0n) is 17.4. The summed E-state index contributed by atoms with van der Waals surface area (Å²) in [5.41, 5.74) is 2.53.